The van der Waals surface area contributed by atoms with Crippen molar-refractivity contribution in [2.75, 3.05) is 33.7 Å². The van der Waals surface area contributed by atoms with Crippen molar-refractivity contribution < 1.29 is 50.0 Å². The molecule has 0 spiro atoms. The van der Waals surface area contributed by atoms with Gasteiger partial charge in [0.1, 0.15) is 12.0 Å². The van der Waals surface area contributed by atoms with Gasteiger partial charge in [0.25, 0.3) is 0 Å². The van der Waals surface area contributed by atoms with E-state index in [-0.39, 0.29) is 12.4 Å². The lowest BCUT2D eigenvalue weighted by Gasteiger charge is -2.22. The van der Waals surface area contributed by atoms with Crippen LogP contribution in [-0.2, 0) is 45.1 Å². The van der Waals surface area contributed by atoms with E-state index in [0.717, 1.165) is 21.3 Å². The van der Waals surface area contributed by atoms with Gasteiger partial charge in [0.15, 0.2) is 0 Å². The van der Waals surface area contributed by atoms with Gasteiger partial charge < -0.3 is 15.4 Å². The molecule has 15 nitrogen and oxygen atoms in total. The molecule has 1 aliphatic rings. The average molecular weight is 493 g/mol. The van der Waals surface area contributed by atoms with Crippen LogP contribution in [0.15, 0.2) is 17.1 Å². The first-order valence-corrected chi connectivity index (χ1v) is 12.6. The number of hydrogen-bond acceptors (Lipinski definition) is 13. The lowest BCUT2D eigenvalue weighted by Crippen LogP contribution is -2.27. The van der Waals surface area contributed by atoms with Crippen molar-refractivity contribution in [1.29, 1.82) is 0 Å². The second-order valence-electron chi connectivity index (χ2n) is 5.70. The minimum Gasteiger partial charge on any atom is -0.383 e. The van der Waals surface area contributed by atoms with Crippen molar-refractivity contribution >= 4 is 29.3 Å². The molecule has 0 bridgehead atoms. The summed E-state index contributed by atoms with van der Waals surface area (Å²) in [6, 6.07) is 1.43. The minimum absolute atomic E-state index is 0.0676. The number of anilines is 1. The molecule has 0 radical (unpaired) electrons. The number of nitrogens with zero attached hydrogens (tertiary/aromatic N) is 2. The van der Waals surface area contributed by atoms with Crippen molar-refractivity contribution in [2.24, 2.45) is 0 Å². The molecule has 1 aromatic heterocycles. The van der Waals surface area contributed by atoms with E-state index in [1.807, 2.05) is 0 Å². The Labute approximate surface area is 171 Å². The fraction of sp³-hybridized carbons (Fsp3) is 0.667. The van der Waals surface area contributed by atoms with Gasteiger partial charge in [-0.2, -0.15) is 13.6 Å². The Balaban J connectivity index is 2.00. The second kappa shape index (κ2) is 10.1. The lowest BCUT2D eigenvalue weighted by atomic mass is 10.2. The summed E-state index contributed by atoms with van der Waals surface area (Å²) in [6.07, 6.45) is 0.948. The number of aromatic nitrogens is 2. The number of nitrogens with two attached hydrogens (primary N) is 1. The van der Waals surface area contributed by atoms with E-state index in [4.69, 9.17) is 15.0 Å². The largest absolute Gasteiger partial charge is 0.492 e. The van der Waals surface area contributed by atoms with Gasteiger partial charge in [-0.25, -0.2) is 18.5 Å². The number of phosphoric acid groups is 3. The highest BCUT2D eigenvalue weighted by atomic mass is 31.3. The van der Waals surface area contributed by atoms with Crippen LogP contribution in [0.5, 0.6) is 0 Å². The first kappa shape index (κ1) is 25.3. The van der Waals surface area contributed by atoms with Crippen LogP contribution in [0, 0.1) is 0 Å². The van der Waals surface area contributed by atoms with Crippen molar-refractivity contribution in [3.8, 4) is 0 Å². The fourth-order valence-electron chi connectivity index (χ4n) is 2.31. The Morgan fingerprint density at radius 1 is 1.17 bits per heavy atom. The number of rotatable bonds is 11. The highest BCUT2D eigenvalue weighted by Gasteiger charge is 2.45. The van der Waals surface area contributed by atoms with Crippen LogP contribution >= 0.6 is 23.5 Å². The van der Waals surface area contributed by atoms with Crippen LogP contribution in [-0.4, -0.2) is 48.5 Å². The van der Waals surface area contributed by atoms with Crippen molar-refractivity contribution in [3.63, 3.8) is 0 Å². The number of phosphoric ester groups is 2. The Kier molecular flexibility index (Phi) is 8.53. The zero-order chi connectivity index (χ0) is 22.6. The molecule has 5 atom stereocenters. The van der Waals surface area contributed by atoms with Gasteiger partial charge in [-0.15, -0.1) is 0 Å². The molecule has 0 aliphatic carbocycles. The predicted octanol–water partition coefficient (Wildman–Crippen LogP) is 1.81. The maximum absolute atomic E-state index is 12.6. The Morgan fingerprint density at radius 2 is 1.83 bits per heavy atom. The summed E-state index contributed by atoms with van der Waals surface area (Å²) >= 11 is 0. The quantitative estimate of drug-likeness (QED) is 0.423. The molecule has 2 heterocycles. The predicted molar refractivity (Wildman–Crippen MR) is 100 cm³/mol. The van der Waals surface area contributed by atoms with Crippen LogP contribution < -0.4 is 11.4 Å². The van der Waals surface area contributed by atoms with Gasteiger partial charge in [0.05, 0.1) is 12.7 Å². The van der Waals surface area contributed by atoms with Crippen LogP contribution in [0.4, 0.5) is 5.82 Å². The summed E-state index contributed by atoms with van der Waals surface area (Å²) in [5, 5.41) is 0. The SMILES string of the molecule is COP(=O)(O)OP(=O)(OC)OP(=O)(OC)OCC1CCC(n2ccc(N)nc2=O)O1. The molecule has 0 saturated carbocycles. The standard InChI is InChI=1S/C12H22N3O12P3/c1-21-28(17,18)26-30(20,23-3)27-29(19,22-2)24-8-9-4-5-11(25-9)15-7-6-10(13)14-12(15)16/h6-7,9,11H,4-5,8H2,1-3H3,(H,17,18)(H2,13,14,16). The summed E-state index contributed by atoms with van der Waals surface area (Å²) in [7, 11) is -11.7. The van der Waals surface area contributed by atoms with E-state index >= 15 is 0 Å². The highest BCUT2D eigenvalue weighted by molar-refractivity contribution is 7.67. The van der Waals surface area contributed by atoms with Crippen LogP contribution in [0.3, 0.4) is 0 Å². The van der Waals surface area contributed by atoms with Gasteiger partial charge in [-0.1, -0.05) is 0 Å². The highest BCUT2D eigenvalue weighted by Crippen LogP contribution is 2.71. The molecule has 0 aromatic carbocycles. The van der Waals surface area contributed by atoms with Crippen molar-refractivity contribution in [2.45, 2.75) is 25.2 Å². The molecular weight excluding hydrogens is 471 g/mol. The molecule has 5 unspecified atom stereocenters. The molecule has 30 heavy (non-hydrogen) atoms. The molecule has 1 fully saturated rings. The van der Waals surface area contributed by atoms with Gasteiger partial charge in [-0.05, 0) is 18.9 Å². The van der Waals surface area contributed by atoms with Crippen LogP contribution in [0.2, 0.25) is 0 Å². The fourth-order valence-corrected chi connectivity index (χ4v) is 6.39. The van der Waals surface area contributed by atoms with Gasteiger partial charge in [-0.3, -0.25) is 22.7 Å². The zero-order valence-corrected chi connectivity index (χ0v) is 18.9. The third-order valence-corrected chi connectivity index (χ3v) is 8.79. The summed E-state index contributed by atoms with van der Waals surface area (Å²) < 4.78 is 70.4. The van der Waals surface area contributed by atoms with Crippen LogP contribution in [0.25, 0.3) is 0 Å². The Bertz CT molecular complexity index is 939. The number of ether oxygens (including phenoxy) is 1. The third-order valence-electron chi connectivity index (χ3n) is 3.75. The number of hydrogen-bond donors (Lipinski definition) is 2. The Morgan fingerprint density at radius 3 is 2.40 bits per heavy atom. The van der Waals surface area contributed by atoms with Crippen molar-refractivity contribution in [1.82, 2.24) is 9.55 Å². The summed E-state index contributed by atoms with van der Waals surface area (Å²) in [4.78, 5) is 24.8. The van der Waals surface area contributed by atoms with Crippen molar-refractivity contribution in [3.05, 3.63) is 22.7 Å². The second-order valence-corrected chi connectivity index (χ2v) is 11.1. The average Bonchev–Trinajstić information content (AvgIpc) is 3.15. The number of nitrogen functional groups attached to an aromatic ring is 1. The summed E-state index contributed by atoms with van der Waals surface area (Å²) in [5.74, 6) is 0.0676. The molecule has 0 amide bonds. The molecule has 18 heteroatoms. The molecule has 1 aliphatic heterocycles. The van der Waals surface area contributed by atoms with E-state index in [0.29, 0.717) is 12.8 Å². The van der Waals surface area contributed by atoms with E-state index in [1.165, 1.54) is 16.8 Å². The molecule has 1 saturated heterocycles. The van der Waals surface area contributed by atoms with Gasteiger partial charge in [0, 0.05) is 27.5 Å². The first-order chi connectivity index (χ1) is 13.9. The van der Waals surface area contributed by atoms with E-state index < -0.39 is 41.5 Å². The third kappa shape index (κ3) is 6.78. The normalized spacial score (nSPS) is 25.3. The molecule has 1 aromatic rings. The van der Waals surface area contributed by atoms with E-state index in [2.05, 4.69) is 27.2 Å². The maximum atomic E-state index is 12.6. The molecule has 172 valence electrons. The molecular formula is C12H22N3O12P3. The van der Waals surface area contributed by atoms with Gasteiger partial charge >= 0.3 is 29.2 Å². The van der Waals surface area contributed by atoms with E-state index in [9.17, 15) is 23.4 Å². The topological polar surface area (TPSA) is 197 Å². The minimum atomic E-state index is -4.87. The molecule has 2 rings (SSSR count). The zero-order valence-electron chi connectivity index (χ0n) is 16.2. The first-order valence-electron chi connectivity index (χ1n) is 8.22. The molecule has 3 N–H and O–H groups in total. The Hall–Kier alpha value is -0.950. The summed E-state index contributed by atoms with van der Waals surface area (Å²) in [5.41, 5.74) is 4.85. The monoisotopic (exact) mass is 493 g/mol. The maximum Gasteiger partial charge on any atom is 0.492 e. The van der Waals surface area contributed by atoms with Gasteiger partial charge in [0.2, 0.25) is 0 Å². The lowest BCUT2D eigenvalue weighted by molar-refractivity contribution is -0.0251. The van der Waals surface area contributed by atoms with E-state index in [1.54, 1.807) is 0 Å². The summed E-state index contributed by atoms with van der Waals surface area (Å²) in [6.45, 7) is -0.358. The van der Waals surface area contributed by atoms with Crippen LogP contribution in [0.1, 0.15) is 19.1 Å². The smallest absolute Gasteiger partial charge is 0.383 e.